The second kappa shape index (κ2) is 10.5. The van der Waals surface area contributed by atoms with E-state index in [1.54, 1.807) is 30.9 Å². The molecule has 11 heteroatoms. The molecule has 1 saturated heterocycles. The van der Waals surface area contributed by atoms with Crippen LogP contribution in [0.25, 0.3) is 10.9 Å². The standard InChI is InChI=1S/C27H37F2N5O4/c1-26(31-2,25(30)37)22(17-7-9-27(28,29)10-8-17)24(36)34-13-11-33(12-14-34)23(35)21-15-18-5-6-19(38-4)16-20(18)32(21)3/h5-6,15-17,22,31H,7-14H2,1-4H3,(H2,30,37)/t22-,26?/m1/s1. The molecule has 2 aromatic rings. The molecule has 9 nitrogen and oxygen atoms in total. The van der Waals surface area contributed by atoms with Crippen molar-refractivity contribution >= 4 is 28.6 Å². The van der Waals surface area contributed by atoms with Crippen LogP contribution in [0.15, 0.2) is 24.3 Å². The number of methoxy groups -OCH3 is 1. The van der Waals surface area contributed by atoms with Gasteiger partial charge in [-0.05, 0) is 50.9 Å². The zero-order valence-corrected chi connectivity index (χ0v) is 22.4. The van der Waals surface area contributed by atoms with E-state index in [1.807, 2.05) is 35.9 Å². The number of piperazine rings is 1. The van der Waals surface area contributed by atoms with Gasteiger partial charge in [0.25, 0.3) is 5.91 Å². The lowest BCUT2D eigenvalue weighted by atomic mass is 9.69. The van der Waals surface area contributed by atoms with Gasteiger partial charge in [0.15, 0.2) is 0 Å². The Balaban J connectivity index is 1.49. The van der Waals surface area contributed by atoms with E-state index >= 15 is 0 Å². The highest BCUT2D eigenvalue weighted by Crippen LogP contribution is 2.43. The molecule has 38 heavy (non-hydrogen) atoms. The molecule has 0 bridgehead atoms. The van der Waals surface area contributed by atoms with Crippen molar-refractivity contribution < 1.29 is 27.9 Å². The third-order valence-corrected chi connectivity index (χ3v) is 8.50. The van der Waals surface area contributed by atoms with Gasteiger partial charge in [0, 0.05) is 57.5 Å². The molecule has 208 valence electrons. The minimum absolute atomic E-state index is 0.137. The van der Waals surface area contributed by atoms with Crippen molar-refractivity contribution in [2.24, 2.45) is 24.6 Å². The van der Waals surface area contributed by atoms with Gasteiger partial charge in [0.05, 0.1) is 18.5 Å². The van der Waals surface area contributed by atoms with Crippen molar-refractivity contribution in [3.05, 3.63) is 30.0 Å². The fourth-order valence-electron chi connectivity index (χ4n) is 5.88. The lowest BCUT2D eigenvalue weighted by Gasteiger charge is -2.45. The van der Waals surface area contributed by atoms with E-state index in [-0.39, 0.29) is 50.6 Å². The summed E-state index contributed by atoms with van der Waals surface area (Å²) in [5.74, 6) is -4.47. The lowest BCUT2D eigenvalue weighted by molar-refractivity contribution is -0.149. The van der Waals surface area contributed by atoms with Crippen LogP contribution in [0.4, 0.5) is 8.78 Å². The number of alkyl halides is 2. The Morgan fingerprint density at radius 2 is 1.71 bits per heavy atom. The number of amides is 3. The van der Waals surface area contributed by atoms with Gasteiger partial charge < -0.3 is 30.2 Å². The van der Waals surface area contributed by atoms with E-state index in [0.717, 1.165) is 10.9 Å². The molecular weight excluding hydrogens is 496 g/mol. The number of nitrogens with two attached hydrogens (primary N) is 1. The van der Waals surface area contributed by atoms with Crippen molar-refractivity contribution in [2.45, 2.75) is 44.1 Å². The predicted molar refractivity (Wildman–Crippen MR) is 139 cm³/mol. The number of ether oxygens (including phenoxy) is 1. The maximum atomic E-state index is 13.9. The highest BCUT2D eigenvalue weighted by atomic mass is 19.3. The number of aromatic nitrogens is 1. The molecule has 1 unspecified atom stereocenters. The molecule has 2 aliphatic rings. The number of nitrogens with one attached hydrogen (secondary N) is 1. The van der Waals surface area contributed by atoms with Crippen LogP contribution in [0, 0.1) is 11.8 Å². The van der Waals surface area contributed by atoms with Crippen LogP contribution >= 0.6 is 0 Å². The van der Waals surface area contributed by atoms with Crippen molar-refractivity contribution in [3.8, 4) is 5.75 Å². The Bertz CT molecular complexity index is 1210. The maximum absolute atomic E-state index is 13.9. The fourth-order valence-corrected chi connectivity index (χ4v) is 5.88. The first-order valence-electron chi connectivity index (χ1n) is 13.0. The monoisotopic (exact) mass is 533 g/mol. The van der Waals surface area contributed by atoms with Crippen LogP contribution in [0.2, 0.25) is 0 Å². The first-order valence-corrected chi connectivity index (χ1v) is 13.0. The molecule has 2 heterocycles. The number of hydrogen-bond acceptors (Lipinski definition) is 5. The quantitative estimate of drug-likeness (QED) is 0.568. The van der Waals surface area contributed by atoms with Gasteiger partial charge in [-0.2, -0.15) is 0 Å². The van der Waals surface area contributed by atoms with Gasteiger partial charge in [0.1, 0.15) is 17.0 Å². The lowest BCUT2D eigenvalue weighted by Crippen LogP contribution is -2.64. The average Bonchev–Trinajstić information content (AvgIpc) is 3.24. The Morgan fingerprint density at radius 3 is 2.26 bits per heavy atom. The third kappa shape index (κ3) is 5.08. The third-order valence-electron chi connectivity index (χ3n) is 8.50. The normalized spacial score (nSPS) is 20.7. The highest BCUT2D eigenvalue weighted by molar-refractivity contribution is 5.99. The molecule has 3 amide bonds. The first kappa shape index (κ1) is 27.8. The van der Waals surface area contributed by atoms with E-state index in [2.05, 4.69) is 5.32 Å². The van der Waals surface area contributed by atoms with Gasteiger partial charge in [-0.1, -0.05) is 0 Å². The van der Waals surface area contributed by atoms with Crippen LogP contribution in [0.5, 0.6) is 5.75 Å². The Kier molecular flexibility index (Phi) is 7.69. The fraction of sp³-hybridized carbons (Fsp3) is 0.593. The first-order chi connectivity index (χ1) is 17.9. The Hall–Kier alpha value is -3.21. The van der Waals surface area contributed by atoms with Crippen LogP contribution in [-0.2, 0) is 16.6 Å². The molecule has 1 aromatic heterocycles. The number of aryl methyl sites for hydroxylation is 1. The zero-order chi connectivity index (χ0) is 27.8. The van der Waals surface area contributed by atoms with Gasteiger partial charge in [-0.3, -0.25) is 14.4 Å². The Labute approximate surface area is 221 Å². The maximum Gasteiger partial charge on any atom is 0.270 e. The average molecular weight is 534 g/mol. The summed E-state index contributed by atoms with van der Waals surface area (Å²) < 4.78 is 34.9. The van der Waals surface area contributed by atoms with Gasteiger partial charge in [-0.15, -0.1) is 0 Å². The summed E-state index contributed by atoms with van der Waals surface area (Å²) in [5.41, 5.74) is 5.74. The smallest absolute Gasteiger partial charge is 0.270 e. The summed E-state index contributed by atoms with van der Waals surface area (Å²) in [7, 11) is 4.97. The molecule has 0 radical (unpaired) electrons. The van der Waals surface area contributed by atoms with Crippen LogP contribution in [-0.4, -0.2) is 83.9 Å². The summed E-state index contributed by atoms with van der Waals surface area (Å²) in [4.78, 5) is 43.0. The van der Waals surface area contributed by atoms with E-state index in [4.69, 9.17) is 10.5 Å². The number of hydrogen-bond donors (Lipinski definition) is 2. The van der Waals surface area contributed by atoms with Crippen molar-refractivity contribution in [3.63, 3.8) is 0 Å². The molecule has 1 saturated carbocycles. The molecule has 3 N–H and O–H groups in total. The Morgan fingerprint density at radius 1 is 1.11 bits per heavy atom. The molecule has 2 fully saturated rings. The summed E-state index contributed by atoms with van der Waals surface area (Å²) >= 11 is 0. The number of primary amides is 1. The van der Waals surface area contributed by atoms with E-state index < -0.39 is 29.2 Å². The van der Waals surface area contributed by atoms with E-state index in [1.165, 1.54) is 0 Å². The summed E-state index contributed by atoms with van der Waals surface area (Å²) in [6.45, 7) is 2.76. The number of likely N-dealkylation sites (N-methyl/N-ethyl adjacent to an activating group) is 1. The van der Waals surface area contributed by atoms with Crippen molar-refractivity contribution in [2.75, 3.05) is 40.3 Å². The molecule has 4 rings (SSSR count). The molecule has 0 spiro atoms. The van der Waals surface area contributed by atoms with E-state index in [0.29, 0.717) is 24.5 Å². The van der Waals surface area contributed by atoms with Crippen molar-refractivity contribution in [1.29, 1.82) is 0 Å². The highest BCUT2D eigenvalue weighted by Gasteiger charge is 2.51. The molecule has 1 aromatic carbocycles. The number of fused-ring (bicyclic) bond motifs is 1. The van der Waals surface area contributed by atoms with E-state index in [9.17, 15) is 23.2 Å². The minimum Gasteiger partial charge on any atom is -0.497 e. The van der Waals surface area contributed by atoms with Crippen LogP contribution < -0.4 is 15.8 Å². The second-order valence-electron chi connectivity index (χ2n) is 10.6. The largest absolute Gasteiger partial charge is 0.497 e. The van der Waals surface area contributed by atoms with Gasteiger partial charge >= 0.3 is 0 Å². The van der Waals surface area contributed by atoms with Crippen LogP contribution in [0.1, 0.15) is 43.1 Å². The molecule has 1 aliphatic heterocycles. The summed E-state index contributed by atoms with van der Waals surface area (Å²) in [6, 6.07) is 7.46. The van der Waals surface area contributed by atoms with Gasteiger partial charge in [-0.25, -0.2) is 8.78 Å². The predicted octanol–water partition coefficient (Wildman–Crippen LogP) is 2.38. The molecule has 2 atom stereocenters. The zero-order valence-electron chi connectivity index (χ0n) is 22.4. The number of benzene rings is 1. The number of rotatable bonds is 7. The summed E-state index contributed by atoms with van der Waals surface area (Å²) in [6.07, 6.45) is -0.366. The second-order valence-corrected chi connectivity index (χ2v) is 10.6. The summed E-state index contributed by atoms with van der Waals surface area (Å²) in [5, 5.41) is 3.83. The molecular formula is C27H37F2N5O4. The number of nitrogens with zero attached hydrogens (tertiary/aromatic N) is 3. The van der Waals surface area contributed by atoms with Crippen LogP contribution in [0.3, 0.4) is 0 Å². The molecule has 1 aliphatic carbocycles. The van der Waals surface area contributed by atoms with Crippen molar-refractivity contribution in [1.82, 2.24) is 19.7 Å². The number of carbonyl (C=O) groups is 3. The number of carbonyl (C=O) groups excluding carboxylic acids is 3. The SMILES string of the molecule is CNC(C)(C(N)=O)[C@@H](C(=O)N1CCN(C(=O)c2cc3ccc(OC)cc3n2C)CC1)C1CCC(F)(F)CC1. The topological polar surface area (TPSA) is 110 Å². The number of halogens is 2. The van der Waals surface area contributed by atoms with Gasteiger partial charge in [0.2, 0.25) is 17.7 Å². The minimum atomic E-state index is -2.76.